The van der Waals surface area contributed by atoms with E-state index in [1.807, 2.05) is 6.08 Å². The molecule has 0 radical (unpaired) electrons. The van der Waals surface area contributed by atoms with Crippen molar-refractivity contribution in [2.45, 2.75) is 0 Å². The van der Waals surface area contributed by atoms with Gasteiger partial charge >= 0.3 is 0 Å². The second-order valence-electron chi connectivity index (χ2n) is 4.36. The molecule has 5 nitrogen and oxygen atoms in total. The Bertz CT molecular complexity index is 336. The van der Waals surface area contributed by atoms with Gasteiger partial charge in [-0.25, -0.2) is 0 Å². The number of terminal acetylenes is 1. The molecule has 1 rings (SSSR count). The normalized spacial score (nSPS) is 13.6. The Hall–Kier alpha value is -1.32. The van der Waals surface area contributed by atoms with Crippen molar-refractivity contribution in [3.63, 3.8) is 0 Å². The predicted molar refractivity (Wildman–Crippen MR) is 82.0 cm³/mol. The number of nitrogens with zero attached hydrogens (tertiary/aromatic N) is 1. The van der Waals surface area contributed by atoms with Crippen LogP contribution in [0.3, 0.4) is 0 Å². The Morgan fingerprint density at radius 2 is 1.48 bits per heavy atom. The molecule has 0 saturated heterocycles. The highest BCUT2D eigenvalue weighted by molar-refractivity contribution is 5.08. The van der Waals surface area contributed by atoms with E-state index in [0.29, 0.717) is 52.9 Å². The van der Waals surface area contributed by atoms with Crippen LogP contribution in [0.25, 0.3) is 0 Å². The molecule has 0 spiro atoms. The third-order valence-corrected chi connectivity index (χ3v) is 2.71. The summed E-state index contributed by atoms with van der Waals surface area (Å²) in [5.74, 6) is 2.40. The largest absolute Gasteiger partial charge is 0.377 e. The number of allylic oxidation sites excluding steroid dienone is 2. The van der Waals surface area contributed by atoms with Crippen LogP contribution in [0.4, 0.5) is 0 Å². The summed E-state index contributed by atoms with van der Waals surface area (Å²) in [6, 6.07) is 0. The Kier molecular flexibility index (Phi) is 11.5. The van der Waals surface area contributed by atoms with Gasteiger partial charge in [-0.15, -0.1) is 6.42 Å². The molecule has 0 unspecified atom stereocenters. The Morgan fingerprint density at radius 1 is 0.857 bits per heavy atom. The van der Waals surface area contributed by atoms with Gasteiger partial charge in [0, 0.05) is 13.1 Å². The molecule has 0 aliphatic carbocycles. The van der Waals surface area contributed by atoms with Gasteiger partial charge in [0.25, 0.3) is 0 Å². The molecule has 0 amide bonds. The Labute approximate surface area is 127 Å². The van der Waals surface area contributed by atoms with Crippen LogP contribution >= 0.6 is 0 Å². The molecular formula is C16H25NO4. The molecule has 0 atom stereocenters. The maximum Gasteiger partial charge on any atom is 0.107 e. The first kappa shape index (κ1) is 17.7. The Balaban J connectivity index is 1.72. The molecule has 0 bridgehead atoms. The van der Waals surface area contributed by atoms with Gasteiger partial charge in [0.05, 0.1) is 46.2 Å². The third-order valence-electron chi connectivity index (χ3n) is 2.71. The zero-order valence-electron chi connectivity index (χ0n) is 12.5. The van der Waals surface area contributed by atoms with Crippen molar-refractivity contribution in [1.29, 1.82) is 0 Å². The van der Waals surface area contributed by atoms with Crippen LogP contribution in [0.1, 0.15) is 0 Å². The topological polar surface area (TPSA) is 40.2 Å². The highest BCUT2D eigenvalue weighted by Crippen LogP contribution is 1.97. The lowest BCUT2D eigenvalue weighted by Gasteiger charge is -2.20. The third kappa shape index (κ3) is 11.1. The zero-order valence-corrected chi connectivity index (χ0v) is 12.5. The van der Waals surface area contributed by atoms with E-state index in [4.69, 9.17) is 25.4 Å². The molecule has 1 aliphatic rings. The molecular weight excluding hydrogens is 270 g/mol. The smallest absolute Gasteiger partial charge is 0.107 e. The summed E-state index contributed by atoms with van der Waals surface area (Å²) < 4.78 is 21.3. The minimum Gasteiger partial charge on any atom is -0.377 e. The predicted octanol–water partition coefficient (Wildman–Crippen LogP) is 1.07. The van der Waals surface area contributed by atoms with Gasteiger partial charge in [-0.3, -0.25) is 0 Å². The van der Waals surface area contributed by atoms with E-state index >= 15 is 0 Å². The summed E-state index contributed by atoms with van der Waals surface area (Å²) in [4.78, 5) is 2.21. The standard InChI is InChI=1S/C16H25NO4/c1-2-9-18-11-13-20-15-16-21-14-12-19-10-8-17-6-4-3-5-7-17/h1,3-6H,7-16H2. The highest BCUT2D eigenvalue weighted by Gasteiger charge is 1.99. The molecule has 0 aromatic heterocycles. The van der Waals surface area contributed by atoms with Gasteiger partial charge in [0.1, 0.15) is 6.61 Å². The SMILES string of the molecule is C#CCOCCOCCOCCOCCN1C=CC=CC1. The monoisotopic (exact) mass is 295 g/mol. The molecule has 21 heavy (non-hydrogen) atoms. The van der Waals surface area contributed by atoms with Crippen molar-refractivity contribution < 1.29 is 18.9 Å². The van der Waals surface area contributed by atoms with E-state index < -0.39 is 0 Å². The first-order valence-electron chi connectivity index (χ1n) is 7.25. The summed E-state index contributed by atoms with van der Waals surface area (Å²) in [7, 11) is 0. The summed E-state index contributed by atoms with van der Waals surface area (Å²) in [6.45, 7) is 6.30. The van der Waals surface area contributed by atoms with Crippen LogP contribution in [0.5, 0.6) is 0 Å². The molecule has 0 fully saturated rings. The Morgan fingerprint density at radius 3 is 2.05 bits per heavy atom. The molecule has 0 aromatic rings. The molecule has 1 heterocycles. The van der Waals surface area contributed by atoms with Gasteiger partial charge in [-0.2, -0.15) is 0 Å². The number of hydrogen-bond acceptors (Lipinski definition) is 5. The summed E-state index contributed by atoms with van der Waals surface area (Å²) in [5.41, 5.74) is 0. The van der Waals surface area contributed by atoms with E-state index in [0.717, 1.165) is 13.1 Å². The van der Waals surface area contributed by atoms with E-state index in [1.54, 1.807) is 0 Å². The quantitative estimate of drug-likeness (QED) is 0.375. The van der Waals surface area contributed by atoms with Crippen LogP contribution in [0, 0.1) is 12.3 Å². The fraction of sp³-hybridized carbons (Fsp3) is 0.625. The van der Waals surface area contributed by atoms with E-state index in [-0.39, 0.29) is 0 Å². The first-order chi connectivity index (χ1) is 10.4. The average Bonchev–Trinajstić information content (AvgIpc) is 2.53. The maximum absolute atomic E-state index is 5.50. The van der Waals surface area contributed by atoms with Crippen molar-refractivity contribution in [2.24, 2.45) is 0 Å². The first-order valence-corrected chi connectivity index (χ1v) is 7.25. The molecule has 0 saturated carbocycles. The van der Waals surface area contributed by atoms with Gasteiger partial charge in [-0.05, 0) is 12.3 Å². The average molecular weight is 295 g/mol. The molecule has 0 N–H and O–H groups in total. The van der Waals surface area contributed by atoms with Crippen LogP contribution in [-0.2, 0) is 18.9 Å². The van der Waals surface area contributed by atoms with E-state index in [2.05, 4.69) is 29.2 Å². The van der Waals surface area contributed by atoms with Crippen molar-refractivity contribution in [1.82, 2.24) is 4.90 Å². The van der Waals surface area contributed by atoms with Gasteiger partial charge in [0.2, 0.25) is 0 Å². The minimum absolute atomic E-state index is 0.334. The summed E-state index contributed by atoms with van der Waals surface area (Å²) in [6.07, 6.45) is 13.3. The van der Waals surface area contributed by atoms with Gasteiger partial charge in [-0.1, -0.05) is 18.1 Å². The summed E-state index contributed by atoms with van der Waals surface area (Å²) >= 11 is 0. The van der Waals surface area contributed by atoms with E-state index in [9.17, 15) is 0 Å². The molecule has 118 valence electrons. The van der Waals surface area contributed by atoms with Crippen LogP contribution in [0.15, 0.2) is 24.4 Å². The fourth-order valence-electron chi connectivity index (χ4n) is 1.65. The number of rotatable bonds is 13. The molecule has 5 heteroatoms. The van der Waals surface area contributed by atoms with Gasteiger partial charge < -0.3 is 23.8 Å². The van der Waals surface area contributed by atoms with Crippen LogP contribution in [0.2, 0.25) is 0 Å². The molecule has 0 aromatic carbocycles. The van der Waals surface area contributed by atoms with E-state index in [1.165, 1.54) is 0 Å². The van der Waals surface area contributed by atoms with Crippen LogP contribution < -0.4 is 0 Å². The second-order valence-corrected chi connectivity index (χ2v) is 4.36. The molecule has 1 aliphatic heterocycles. The minimum atomic E-state index is 0.334. The zero-order chi connectivity index (χ0) is 15.0. The van der Waals surface area contributed by atoms with Gasteiger partial charge in [0.15, 0.2) is 0 Å². The van der Waals surface area contributed by atoms with Crippen molar-refractivity contribution >= 4 is 0 Å². The fourth-order valence-corrected chi connectivity index (χ4v) is 1.65. The number of hydrogen-bond donors (Lipinski definition) is 0. The second kappa shape index (κ2) is 13.7. The summed E-state index contributed by atoms with van der Waals surface area (Å²) in [5, 5.41) is 0. The lowest BCUT2D eigenvalue weighted by Crippen LogP contribution is -2.24. The van der Waals surface area contributed by atoms with Crippen molar-refractivity contribution in [3.05, 3.63) is 24.4 Å². The lowest BCUT2D eigenvalue weighted by atomic mass is 10.3. The number of ether oxygens (including phenoxy) is 4. The maximum atomic E-state index is 5.50. The van der Waals surface area contributed by atoms with Crippen LogP contribution in [-0.4, -0.2) is 70.8 Å². The highest BCUT2D eigenvalue weighted by atomic mass is 16.6. The van der Waals surface area contributed by atoms with Crippen molar-refractivity contribution in [2.75, 3.05) is 65.9 Å². The lowest BCUT2D eigenvalue weighted by molar-refractivity contribution is 0.000113. The van der Waals surface area contributed by atoms with Crippen molar-refractivity contribution in [3.8, 4) is 12.3 Å².